The summed E-state index contributed by atoms with van der Waals surface area (Å²) < 4.78 is 11.0. The van der Waals surface area contributed by atoms with Gasteiger partial charge < -0.3 is 14.6 Å². The smallest absolute Gasteiger partial charge is 0.305 e. The van der Waals surface area contributed by atoms with Crippen LogP contribution >= 0.6 is 0 Å². The molecule has 0 unspecified atom stereocenters. The highest BCUT2D eigenvalue weighted by molar-refractivity contribution is 5.69. The van der Waals surface area contributed by atoms with Crippen LogP contribution in [0.4, 0.5) is 0 Å². The van der Waals surface area contributed by atoms with Crippen LogP contribution in [0.15, 0.2) is 23.8 Å². The number of phenols is 1. The third kappa shape index (κ3) is 3.74. The first-order valence-corrected chi connectivity index (χ1v) is 9.59. The minimum atomic E-state index is -0.245. The molecule has 4 heteroatoms. The number of ether oxygens (including phenoxy) is 2. The van der Waals surface area contributed by atoms with Crippen LogP contribution in [0.3, 0.4) is 0 Å². The lowest BCUT2D eigenvalue weighted by molar-refractivity contribution is -0.140. The van der Waals surface area contributed by atoms with Gasteiger partial charge in [-0.05, 0) is 70.6 Å². The Kier molecular flexibility index (Phi) is 5.31. The van der Waals surface area contributed by atoms with Crippen LogP contribution in [-0.2, 0) is 16.0 Å². The van der Waals surface area contributed by atoms with E-state index in [2.05, 4.69) is 37.7 Å². The molecule has 2 atom stereocenters. The zero-order valence-electron chi connectivity index (χ0n) is 16.3. The summed E-state index contributed by atoms with van der Waals surface area (Å²) >= 11 is 0. The maximum atomic E-state index is 11.2. The van der Waals surface area contributed by atoms with E-state index in [1.165, 1.54) is 12.7 Å². The summed E-state index contributed by atoms with van der Waals surface area (Å²) in [5.74, 6) is 1.71. The van der Waals surface area contributed by atoms with Crippen molar-refractivity contribution in [1.82, 2.24) is 0 Å². The Balaban J connectivity index is 1.80. The van der Waals surface area contributed by atoms with E-state index >= 15 is 0 Å². The normalized spacial score (nSPS) is 23.3. The number of unbranched alkanes of at least 4 members (excludes halogenated alkanes) is 1. The Morgan fingerprint density at radius 1 is 1.35 bits per heavy atom. The molecule has 0 aromatic heterocycles. The summed E-state index contributed by atoms with van der Waals surface area (Å²) in [5.41, 5.74) is 3.18. The molecule has 0 radical (unpaired) electrons. The zero-order chi connectivity index (χ0) is 18.9. The van der Waals surface area contributed by atoms with E-state index in [-0.39, 0.29) is 11.6 Å². The van der Waals surface area contributed by atoms with Gasteiger partial charge in [-0.25, -0.2) is 0 Å². The van der Waals surface area contributed by atoms with Gasteiger partial charge in [0.25, 0.3) is 0 Å². The van der Waals surface area contributed by atoms with Crippen molar-refractivity contribution in [3.8, 4) is 11.5 Å². The minimum Gasteiger partial charge on any atom is -0.508 e. The molecule has 0 saturated carbocycles. The molecule has 2 aliphatic rings. The molecule has 4 nitrogen and oxygen atoms in total. The number of allylic oxidation sites excluding steroid dienone is 2. The number of fused-ring (bicyclic) bond motifs is 3. The molecule has 0 saturated heterocycles. The van der Waals surface area contributed by atoms with Crippen molar-refractivity contribution in [2.24, 2.45) is 5.92 Å². The summed E-state index contributed by atoms with van der Waals surface area (Å²) in [4.78, 5) is 11.2. The molecule has 1 aliphatic heterocycles. The fourth-order valence-electron chi connectivity index (χ4n) is 4.46. The van der Waals surface area contributed by atoms with Crippen molar-refractivity contribution < 1.29 is 19.4 Å². The predicted octanol–water partition coefficient (Wildman–Crippen LogP) is 4.89. The zero-order valence-corrected chi connectivity index (χ0v) is 16.3. The maximum Gasteiger partial charge on any atom is 0.305 e. The van der Waals surface area contributed by atoms with Gasteiger partial charge in [0.15, 0.2) is 0 Å². The SMILES string of the molecule is COC(=O)CCCCc1cc(O)c2c(c1)OC(C)(C)[C@@H]1CC=C(C)C[C@@H]21. The number of methoxy groups -OCH3 is 1. The molecule has 1 N–H and O–H groups in total. The van der Waals surface area contributed by atoms with E-state index < -0.39 is 0 Å². The number of hydrogen-bond donors (Lipinski definition) is 1. The van der Waals surface area contributed by atoms with Crippen molar-refractivity contribution in [3.05, 3.63) is 34.9 Å². The summed E-state index contributed by atoms with van der Waals surface area (Å²) in [6.45, 7) is 6.48. The van der Waals surface area contributed by atoms with Crippen LogP contribution in [0, 0.1) is 5.92 Å². The van der Waals surface area contributed by atoms with Crippen molar-refractivity contribution >= 4 is 5.97 Å². The molecule has 0 fully saturated rings. The molecule has 1 heterocycles. The summed E-state index contributed by atoms with van der Waals surface area (Å²) in [6, 6.07) is 3.96. The van der Waals surface area contributed by atoms with Crippen LogP contribution in [-0.4, -0.2) is 23.8 Å². The molecule has 3 rings (SSSR count). The van der Waals surface area contributed by atoms with E-state index in [0.29, 0.717) is 24.0 Å². The number of aryl methyl sites for hydroxylation is 1. The molecular weight excluding hydrogens is 328 g/mol. The maximum absolute atomic E-state index is 11.2. The van der Waals surface area contributed by atoms with Crippen LogP contribution in [0.1, 0.15) is 69.9 Å². The van der Waals surface area contributed by atoms with Crippen LogP contribution in [0.2, 0.25) is 0 Å². The second-order valence-corrected chi connectivity index (χ2v) is 8.22. The Morgan fingerprint density at radius 3 is 2.85 bits per heavy atom. The second kappa shape index (κ2) is 7.34. The molecule has 0 amide bonds. The number of carbonyl (C=O) groups excluding carboxylic acids is 1. The van der Waals surface area contributed by atoms with Gasteiger partial charge in [0.05, 0.1) is 7.11 Å². The number of phenolic OH excluding ortho intramolecular Hbond substituents is 1. The first-order chi connectivity index (χ1) is 12.3. The van der Waals surface area contributed by atoms with Gasteiger partial charge in [0.2, 0.25) is 0 Å². The summed E-state index contributed by atoms with van der Waals surface area (Å²) in [6.07, 6.45) is 7.20. The molecular formula is C22H30O4. The highest BCUT2D eigenvalue weighted by atomic mass is 16.5. The third-order valence-corrected chi connectivity index (χ3v) is 5.89. The van der Waals surface area contributed by atoms with Crippen LogP contribution in [0.25, 0.3) is 0 Å². The largest absolute Gasteiger partial charge is 0.508 e. The molecule has 0 bridgehead atoms. The lowest BCUT2D eigenvalue weighted by Gasteiger charge is -2.47. The second-order valence-electron chi connectivity index (χ2n) is 8.22. The van der Waals surface area contributed by atoms with Gasteiger partial charge in [0.1, 0.15) is 17.1 Å². The minimum absolute atomic E-state index is 0.171. The molecule has 1 aliphatic carbocycles. The van der Waals surface area contributed by atoms with E-state index in [1.807, 2.05) is 6.07 Å². The fraction of sp³-hybridized carbons (Fsp3) is 0.591. The standard InChI is InChI=1S/C22H30O4/c1-14-9-10-17-16(11-14)21-18(23)12-15(7-5-6-8-20(24)25-4)13-19(21)26-22(17,2)3/h9,12-13,16-17,23H,5-8,10-11H2,1-4H3/t16-,17-/m1/s1. The van der Waals surface area contributed by atoms with Crippen molar-refractivity contribution in [2.45, 2.75) is 70.8 Å². The van der Waals surface area contributed by atoms with Crippen molar-refractivity contribution in [1.29, 1.82) is 0 Å². The number of carbonyl (C=O) groups is 1. The van der Waals surface area contributed by atoms with E-state index in [0.717, 1.165) is 49.0 Å². The lowest BCUT2D eigenvalue weighted by atomic mass is 9.67. The Bertz CT molecular complexity index is 717. The predicted molar refractivity (Wildman–Crippen MR) is 102 cm³/mol. The average molecular weight is 358 g/mol. The molecule has 26 heavy (non-hydrogen) atoms. The fourth-order valence-corrected chi connectivity index (χ4v) is 4.46. The van der Waals surface area contributed by atoms with Crippen molar-refractivity contribution in [3.63, 3.8) is 0 Å². The number of rotatable bonds is 5. The number of benzene rings is 1. The highest BCUT2D eigenvalue weighted by Gasteiger charge is 2.45. The van der Waals surface area contributed by atoms with Gasteiger partial charge in [-0.1, -0.05) is 11.6 Å². The summed E-state index contributed by atoms with van der Waals surface area (Å²) in [7, 11) is 1.42. The molecule has 142 valence electrons. The first kappa shape index (κ1) is 18.8. The molecule has 1 aromatic carbocycles. The summed E-state index contributed by atoms with van der Waals surface area (Å²) in [5, 5.41) is 10.7. The van der Waals surface area contributed by atoms with E-state index in [4.69, 9.17) is 4.74 Å². The Labute approximate surface area is 156 Å². The number of esters is 1. The lowest BCUT2D eigenvalue weighted by Crippen LogP contribution is -2.45. The first-order valence-electron chi connectivity index (χ1n) is 9.59. The monoisotopic (exact) mass is 358 g/mol. The van der Waals surface area contributed by atoms with Crippen LogP contribution < -0.4 is 4.74 Å². The topological polar surface area (TPSA) is 55.8 Å². The Morgan fingerprint density at radius 2 is 2.12 bits per heavy atom. The molecule has 1 aromatic rings. The van der Waals surface area contributed by atoms with Gasteiger partial charge >= 0.3 is 5.97 Å². The Hall–Kier alpha value is -1.97. The van der Waals surface area contributed by atoms with E-state index in [1.54, 1.807) is 0 Å². The van der Waals surface area contributed by atoms with Gasteiger partial charge in [-0.3, -0.25) is 4.79 Å². The van der Waals surface area contributed by atoms with Gasteiger partial charge in [-0.15, -0.1) is 0 Å². The average Bonchev–Trinajstić information content (AvgIpc) is 2.57. The quantitative estimate of drug-likeness (QED) is 0.463. The van der Waals surface area contributed by atoms with E-state index in [9.17, 15) is 9.90 Å². The van der Waals surface area contributed by atoms with Crippen LogP contribution in [0.5, 0.6) is 11.5 Å². The van der Waals surface area contributed by atoms with Gasteiger partial charge in [0, 0.05) is 23.8 Å². The molecule has 0 spiro atoms. The highest BCUT2D eigenvalue weighted by Crippen LogP contribution is 2.54. The van der Waals surface area contributed by atoms with Gasteiger partial charge in [-0.2, -0.15) is 0 Å². The van der Waals surface area contributed by atoms with Crippen molar-refractivity contribution in [2.75, 3.05) is 7.11 Å². The number of aromatic hydroxyl groups is 1. The number of hydrogen-bond acceptors (Lipinski definition) is 4. The third-order valence-electron chi connectivity index (χ3n) is 5.89.